The summed E-state index contributed by atoms with van der Waals surface area (Å²) in [6.45, 7) is 2.60. The van der Waals surface area contributed by atoms with E-state index in [1.54, 1.807) is 24.3 Å². The number of thiocarbonyl (C=S) groups is 1. The second kappa shape index (κ2) is 11.5. The number of ether oxygens (including phenoxy) is 1. The minimum atomic E-state index is -3.16. The Bertz CT molecular complexity index is 1310. The van der Waals surface area contributed by atoms with Crippen molar-refractivity contribution in [2.45, 2.75) is 6.61 Å². The van der Waals surface area contributed by atoms with E-state index in [1.165, 1.54) is 10.6 Å². The average molecular weight is 525 g/mol. The van der Waals surface area contributed by atoms with Crippen molar-refractivity contribution < 1.29 is 17.9 Å². The molecule has 2 N–H and O–H groups in total. The molecule has 0 aliphatic carbocycles. The van der Waals surface area contributed by atoms with E-state index in [4.69, 9.17) is 17.0 Å². The molecule has 3 aromatic carbocycles. The Balaban J connectivity index is 1.28. The number of nitrogens with one attached hydrogen (secondary N) is 2. The van der Waals surface area contributed by atoms with Gasteiger partial charge in [0.05, 0.1) is 6.26 Å². The third-order valence-electron chi connectivity index (χ3n) is 5.77. The lowest BCUT2D eigenvalue weighted by molar-refractivity contribution is 0.0977. The van der Waals surface area contributed by atoms with Crippen LogP contribution < -0.4 is 20.3 Å². The van der Waals surface area contributed by atoms with E-state index in [0.717, 1.165) is 16.9 Å². The van der Waals surface area contributed by atoms with Crippen molar-refractivity contribution in [1.82, 2.24) is 9.62 Å². The second-order valence-electron chi connectivity index (χ2n) is 8.41. The highest BCUT2D eigenvalue weighted by Gasteiger charge is 2.23. The van der Waals surface area contributed by atoms with Gasteiger partial charge in [0.1, 0.15) is 12.4 Å². The maximum Gasteiger partial charge on any atom is 0.257 e. The maximum absolute atomic E-state index is 12.7. The third kappa shape index (κ3) is 7.03. The van der Waals surface area contributed by atoms with Crippen molar-refractivity contribution in [2.24, 2.45) is 0 Å². The number of benzene rings is 3. The minimum absolute atomic E-state index is 0.185. The number of carbonyl (C=O) groups excluding carboxylic acids is 1. The van der Waals surface area contributed by atoms with E-state index in [1.807, 2.05) is 54.6 Å². The Morgan fingerprint density at radius 1 is 0.944 bits per heavy atom. The number of piperazine rings is 1. The molecule has 1 heterocycles. The predicted octanol–water partition coefficient (Wildman–Crippen LogP) is 3.47. The summed E-state index contributed by atoms with van der Waals surface area (Å²) in [5, 5.41) is 5.90. The van der Waals surface area contributed by atoms with E-state index >= 15 is 0 Å². The van der Waals surface area contributed by atoms with Crippen molar-refractivity contribution in [3.63, 3.8) is 0 Å². The van der Waals surface area contributed by atoms with Crippen LogP contribution >= 0.6 is 12.2 Å². The monoisotopic (exact) mass is 524 g/mol. The Labute approximate surface area is 216 Å². The number of carbonyl (C=O) groups is 1. The average Bonchev–Trinajstić information content (AvgIpc) is 2.88. The first-order chi connectivity index (χ1) is 17.3. The molecule has 0 bridgehead atoms. The number of rotatable bonds is 7. The summed E-state index contributed by atoms with van der Waals surface area (Å²) in [5.41, 5.74) is 3.21. The standard InChI is InChI=1S/C26H28N4O4S2/c1-36(32,33)30-16-14-29(15-17-30)23-12-10-22(11-13-23)27-26(35)28-25(31)21-8-5-9-24(18-21)34-19-20-6-3-2-4-7-20/h2-13,18H,14-17,19H2,1H3,(H2,27,28,31,35). The van der Waals surface area contributed by atoms with Gasteiger partial charge in [0.15, 0.2) is 5.11 Å². The molecule has 8 nitrogen and oxygen atoms in total. The van der Waals surface area contributed by atoms with Crippen molar-refractivity contribution in [3.8, 4) is 5.75 Å². The first-order valence-electron chi connectivity index (χ1n) is 11.5. The highest BCUT2D eigenvalue weighted by atomic mass is 32.2. The molecule has 0 radical (unpaired) electrons. The molecule has 0 spiro atoms. The lowest BCUT2D eigenvalue weighted by Gasteiger charge is -2.34. The van der Waals surface area contributed by atoms with Crippen LogP contribution in [0.1, 0.15) is 15.9 Å². The molecule has 0 aromatic heterocycles. The lowest BCUT2D eigenvalue weighted by Crippen LogP contribution is -2.48. The SMILES string of the molecule is CS(=O)(=O)N1CCN(c2ccc(NC(=S)NC(=O)c3cccc(OCc4ccccc4)c3)cc2)CC1. The van der Waals surface area contributed by atoms with Crippen LogP contribution in [0.4, 0.5) is 11.4 Å². The minimum Gasteiger partial charge on any atom is -0.489 e. The van der Waals surface area contributed by atoms with Gasteiger partial charge in [-0.05, 0) is 60.2 Å². The zero-order valence-corrected chi connectivity index (χ0v) is 21.5. The second-order valence-corrected chi connectivity index (χ2v) is 10.8. The molecule has 1 saturated heterocycles. The van der Waals surface area contributed by atoms with E-state index < -0.39 is 10.0 Å². The highest BCUT2D eigenvalue weighted by Crippen LogP contribution is 2.20. The summed E-state index contributed by atoms with van der Waals surface area (Å²) in [6.07, 6.45) is 1.24. The van der Waals surface area contributed by atoms with Crippen LogP contribution in [0.5, 0.6) is 5.75 Å². The summed E-state index contributed by atoms with van der Waals surface area (Å²) < 4.78 is 30.7. The van der Waals surface area contributed by atoms with Crippen LogP contribution in [-0.4, -0.2) is 56.2 Å². The predicted molar refractivity (Wildman–Crippen MR) is 146 cm³/mol. The van der Waals surface area contributed by atoms with Crippen molar-refractivity contribution >= 4 is 44.6 Å². The van der Waals surface area contributed by atoms with Crippen LogP contribution in [0.25, 0.3) is 0 Å². The van der Waals surface area contributed by atoms with Gasteiger partial charge in [0, 0.05) is 43.1 Å². The molecule has 0 saturated carbocycles. The summed E-state index contributed by atoms with van der Waals surface area (Å²) >= 11 is 5.32. The largest absolute Gasteiger partial charge is 0.489 e. The normalized spacial score (nSPS) is 14.2. The first kappa shape index (κ1) is 25.6. The quantitative estimate of drug-likeness (QED) is 0.458. The summed E-state index contributed by atoms with van der Waals surface area (Å²) in [7, 11) is -3.16. The van der Waals surface area contributed by atoms with E-state index in [0.29, 0.717) is 44.1 Å². The van der Waals surface area contributed by atoms with Gasteiger partial charge in [-0.1, -0.05) is 36.4 Å². The molecule has 188 valence electrons. The Hall–Kier alpha value is -3.47. The summed E-state index contributed by atoms with van der Waals surface area (Å²) in [5.74, 6) is 0.261. The molecule has 1 amide bonds. The molecule has 1 aliphatic heterocycles. The van der Waals surface area contributed by atoms with Crippen molar-refractivity contribution in [1.29, 1.82) is 0 Å². The number of sulfonamides is 1. The first-order valence-corrected chi connectivity index (χ1v) is 13.7. The fourth-order valence-corrected chi connectivity index (χ4v) is 4.88. The van der Waals surface area contributed by atoms with Gasteiger partial charge in [-0.3, -0.25) is 10.1 Å². The molecule has 1 aliphatic rings. The smallest absolute Gasteiger partial charge is 0.257 e. The van der Waals surface area contributed by atoms with Crippen LogP contribution in [0.3, 0.4) is 0 Å². The van der Waals surface area contributed by atoms with Gasteiger partial charge in [0.2, 0.25) is 10.0 Å². The van der Waals surface area contributed by atoms with Crippen molar-refractivity contribution in [2.75, 3.05) is 42.7 Å². The maximum atomic E-state index is 12.7. The Morgan fingerprint density at radius 2 is 1.64 bits per heavy atom. The number of nitrogens with zero attached hydrogens (tertiary/aromatic N) is 2. The van der Waals surface area contributed by atoms with E-state index in [9.17, 15) is 13.2 Å². The van der Waals surface area contributed by atoms with Crippen LogP contribution in [0.15, 0.2) is 78.9 Å². The van der Waals surface area contributed by atoms with E-state index in [2.05, 4.69) is 15.5 Å². The zero-order valence-electron chi connectivity index (χ0n) is 19.9. The van der Waals surface area contributed by atoms with Gasteiger partial charge < -0.3 is 15.0 Å². The van der Waals surface area contributed by atoms with Gasteiger partial charge in [-0.2, -0.15) is 4.31 Å². The van der Waals surface area contributed by atoms with Crippen LogP contribution in [-0.2, 0) is 16.6 Å². The van der Waals surface area contributed by atoms with E-state index in [-0.39, 0.29) is 11.0 Å². The molecule has 3 aromatic rings. The number of anilines is 2. The molecule has 0 atom stereocenters. The topological polar surface area (TPSA) is 91.0 Å². The molecular formula is C26H28N4O4S2. The zero-order chi connectivity index (χ0) is 25.5. The third-order valence-corrected chi connectivity index (χ3v) is 7.28. The van der Waals surface area contributed by atoms with Gasteiger partial charge in [0.25, 0.3) is 5.91 Å². The van der Waals surface area contributed by atoms with Crippen molar-refractivity contribution in [3.05, 3.63) is 90.0 Å². The molecule has 4 rings (SSSR count). The fourth-order valence-electron chi connectivity index (χ4n) is 3.84. The Morgan fingerprint density at radius 3 is 2.31 bits per heavy atom. The Kier molecular flexibility index (Phi) is 8.19. The molecule has 10 heteroatoms. The van der Waals surface area contributed by atoms with Crippen LogP contribution in [0.2, 0.25) is 0 Å². The molecular weight excluding hydrogens is 496 g/mol. The summed E-state index contributed by atoms with van der Waals surface area (Å²) in [6, 6.07) is 24.4. The fraction of sp³-hybridized carbons (Fsp3) is 0.231. The molecule has 36 heavy (non-hydrogen) atoms. The van der Waals surface area contributed by atoms with Gasteiger partial charge in [-0.15, -0.1) is 0 Å². The number of hydrogen-bond donors (Lipinski definition) is 2. The summed E-state index contributed by atoms with van der Waals surface area (Å²) in [4.78, 5) is 14.8. The van der Waals surface area contributed by atoms with Crippen LogP contribution in [0, 0.1) is 0 Å². The highest BCUT2D eigenvalue weighted by molar-refractivity contribution is 7.88. The number of hydrogen-bond acceptors (Lipinski definition) is 6. The molecule has 1 fully saturated rings. The van der Waals surface area contributed by atoms with Gasteiger partial charge in [-0.25, -0.2) is 8.42 Å². The lowest BCUT2D eigenvalue weighted by atomic mass is 10.2. The van der Waals surface area contributed by atoms with Gasteiger partial charge >= 0.3 is 0 Å². The molecule has 0 unspecified atom stereocenters. The number of amides is 1.